The molecule has 1 N–H and O–H groups in total. The topological polar surface area (TPSA) is 102 Å². The number of rotatable bonds is 20. The van der Waals surface area contributed by atoms with E-state index in [1.807, 2.05) is 0 Å². The zero-order valence-electron chi connectivity index (χ0n) is 18.5. The lowest BCUT2D eigenvalue weighted by molar-refractivity contribution is -0.342. The predicted molar refractivity (Wildman–Crippen MR) is 115 cm³/mol. The number of amides is 1. The van der Waals surface area contributed by atoms with Gasteiger partial charge in [-0.05, 0) is 38.5 Å². The summed E-state index contributed by atoms with van der Waals surface area (Å²) in [7, 11) is -4.99. The zero-order valence-corrected chi connectivity index (χ0v) is 19.4. The molecule has 0 saturated heterocycles. The molecule has 0 rings (SSSR count). The van der Waals surface area contributed by atoms with Crippen molar-refractivity contribution in [2.24, 2.45) is 0 Å². The molecule has 7 heteroatoms. The minimum Gasteiger partial charge on any atom is -0.790 e. The molecule has 1 atom stereocenters. The van der Waals surface area contributed by atoms with Gasteiger partial charge in [-0.3, -0.25) is 4.79 Å². The molecule has 29 heavy (non-hydrogen) atoms. The van der Waals surface area contributed by atoms with Crippen LogP contribution in [0, 0.1) is 0 Å². The van der Waals surface area contributed by atoms with Gasteiger partial charge in [-0.15, -0.1) is 0 Å². The first kappa shape index (κ1) is 28.3. The van der Waals surface area contributed by atoms with Gasteiger partial charge in [0.25, 0.3) is 0 Å². The van der Waals surface area contributed by atoms with Crippen molar-refractivity contribution in [2.75, 3.05) is 6.61 Å². The van der Waals surface area contributed by atoms with E-state index in [0.717, 1.165) is 25.7 Å². The summed E-state index contributed by atoms with van der Waals surface area (Å²) in [5.41, 5.74) is 0. The van der Waals surface area contributed by atoms with Crippen LogP contribution >= 0.6 is 7.82 Å². The maximum absolute atomic E-state index is 11.9. The molecular weight excluding hydrogens is 389 g/mol. The van der Waals surface area contributed by atoms with Crippen molar-refractivity contribution in [3.05, 3.63) is 12.2 Å². The molecule has 0 heterocycles. The van der Waals surface area contributed by atoms with Gasteiger partial charge in [0.15, 0.2) is 0 Å². The Bertz CT molecular complexity index is 464. The van der Waals surface area contributed by atoms with Crippen LogP contribution in [-0.4, -0.2) is 18.6 Å². The van der Waals surface area contributed by atoms with E-state index in [4.69, 9.17) is 0 Å². The molecule has 0 aliphatic heterocycles. The van der Waals surface area contributed by atoms with Crippen LogP contribution in [0.5, 0.6) is 0 Å². The van der Waals surface area contributed by atoms with Crippen LogP contribution in [0.3, 0.4) is 0 Å². The largest absolute Gasteiger partial charge is 0.790 e. The summed E-state index contributed by atoms with van der Waals surface area (Å²) in [5.74, 6) is -0.121. The molecular formula is C22H42NO5P-2. The van der Waals surface area contributed by atoms with Crippen molar-refractivity contribution < 1.29 is 23.7 Å². The molecule has 0 aromatic carbocycles. The van der Waals surface area contributed by atoms with Crippen LogP contribution in [0.4, 0.5) is 0 Å². The third-order valence-corrected chi connectivity index (χ3v) is 5.42. The average Bonchev–Trinajstić information content (AvgIpc) is 2.67. The Balaban J connectivity index is 3.49. The van der Waals surface area contributed by atoms with E-state index in [0.29, 0.717) is 12.8 Å². The summed E-state index contributed by atoms with van der Waals surface area (Å²) in [5, 5.41) is 2.72. The number of carbonyl (C=O) groups excluding carboxylic acids is 1. The van der Waals surface area contributed by atoms with E-state index in [1.54, 1.807) is 6.92 Å². The fourth-order valence-corrected chi connectivity index (χ4v) is 3.46. The van der Waals surface area contributed by atoms with Gasteiger partial charge in [0, 0.05) is 6.42 Å². The monoisotopic (exact) mass is 431 g/mol. The fourth-order valence-electron chi connectivity index (χ4n) is 3.10. The third kappa shape index (κ3) is 21.8. The first-order valence-corrected chi connectivity index (χ1v) is 13.0. The van der Waals surface area contributed by atoms with Gasteiger partial charge in [0.1, 0.15) is 0 Å². The van der Waals surface area contributed by atoms with Gasteiger partial charge in [0.2, 0.25) is 5.91 Å². The Morgan fingerprint density at radius 1 is 0.897 bits per heavy atom. The van der Waals surface area contributed by atoms with Gasteiger partial charge in [-0.1, -0.05) is 77.4 Å². The number of unbranched alkanes of at least 4 members (excludes halogenated alkanes) is 11. The Hall–Kier alpha value is -0.680. The predicted octanol–water partition coefficient (Wildman–Crippen LogP) is 4.76. The van der Waals surface area contributed by atoms with Crippen LogP contribution in [0.1, 0.15) is 110 Å². The van der Waals surface area contributed by atoms with E-state index in [1.165, 1.54) is 57.8 Å². The lowest BCUT2D eigenvalue weighted by atomic mass is 10.1. The summed E-state index contributed by atoms with van der Waals surface area (Å²) in [6.45, 7) is 3.76. The quantitative estimate of drug-likeness (QED) is 0.170. The lowest BCUT2D eigenvalue weighted by Crippen LogP contribution is -2.38. The second-order valence-corrected chi connectivity index (χ2v) is 8.90. The van der Waals surface area contributed by atoms with Crippen molar-refractivity contribution in [3.63, 3.8) is 0 Å². The molecule has 0 spiro atoms. The number of phosphoric acid groups is 1. The zero-order chi connectivity index (χ0) is 21.8. The number of nitrogens with one attached hydrogen (secondary N) is 1. The summed E-state index contributed by atoms with van der Waals surface area (Å²) in [4.78, 5) is 32.9. The molecule has 0 aromatic heterocycles. The fraction of sp³-hybridized carbons (Fsp3) is 0.864. The molecule has 0 radical (unpaired) electrons. The summed E-state index contributed by atoms with van der Waals surface area (Å²) < 4.78 is 14.7. The van der Waals surface area contributed by atoms with Gasteiger partial charge in [-0.25, -0.2) is 0 Å². The highest BCUT2D eigenvalue weighted by atomic mass is 31.2. The first-order valence-electron chi connectivity index (χ1n) is 11.5. The van der Waals surface area contributed by atoms with Gasteiger partial charge < -0.3 is 24.2 Å². The highest BCUT2D eigenvalue weighted by Crippen LogP contribution is 2.24. The summed E-state index contributed by atoms with van der Waals surface area (Å²) in [6.07, 6.45) is 21.3. The molecule has 0 unspecified atom stereocenters. The maximum atomic E-state index is 11.9. The molecule has 0 aliphatic carbocycles. The van der Waals surface area contributed by atoms with Gasteiger partial charge in [0.05, 0.1) is 20.5 Å². The molecule has 0 aromatic rings. The Morgan fingerprint density at radius 2 is 1.41 bits per heavy atom. The van der Waals surface area contributed by atoms with Gasteiger partial charge in [-0.2, -0.15) is 0 Å². The Morgan fingerprint density at radius 3 is 1.93 bits per heavy atom. The van der Waals surface area contributed by atoms with Gasteiger partial charge >= 0.3 is 0 Å². The van der Waals surface area contributed by atoms with Crippen LogP contribution in [0.25, 0.3) is 0 Å². The Labute approximate surface area is 178 Å². The van der Waals surface area contributed by atoms with Crippen LogP contribution in [-0.2, 0) is 13.9 Å². The average molecular weight is 432 g/mol. The van der Waals surface area contributed by atoms with Crippen LogP contribution in [0.15, 0.2) is 12.2 Å². The number of hydrogen-bond acceptors (Lipinski definition) is 5. The van der Waals surface area contributed by atoms with Crippen LogP contribution < -0.4 is 15.1 Å². The van der Waals surface area contributed by atoms with Crippen molar-refractivity contribution in [1.29, 1.82) is 0 Å². The smallest absolute Gasteiger partial charge is 0.220 e. The highest BCUT2D eigenvalue weighted by Gasteiger charge is 2.11. The van der Waals surface area contributed by atoms with E-state index < -0.39 is 13.9 Å². The maximum Gasteiger partial charge on any atom is 0.220 e. The summed E-state index contributed by atoms with van der Waals surface area (Å²) >= 11 is 0. The first-order chi connectivity index (χ1) is 13.9. The summed E-state index contributed by atoms with van der Waals surface area (Å²) in [6, 6.07) is -0.443. The molecule has 0 bridgehead atoms. The molecule has 6 nitrogen and oxygen atoms in total. The number of carbonyl (C=O) groups is 1. The standard InChI is InChI=1S/C22H44NO5P/c1-3-5-6-7-8-9-10-11-12-13-14-15-16-17-18-19-22(24)23-21(4-2)20-28-29(25,26)27/h11-12,21H,3-10,13-20H2,1-2H3,(H,23,24)(H2,25,26,27)/p-2/b12-11-/t21-/m0/s1. The highest BCUT2D eigenvalue weighted by molar-refractivity contribution is 7.43. The number of allylic oxidation sites excluding steroid dienone is 2. The van der Waals surface area contributed by atoms with E-state index >= 15 is 0 Å². The van der Waals surface area contributed by atoms with E-state index in [-0.39, 0.29) is 12.5 Å². The van der Waals surface area contributed by atoms with Crippen molar-refractivity contribution in [2.45, 2.75) is 116 Å². The van der Waals surface area contributed by atoms with Crippen molar-refractivity contribution in [1.82, 2.24) is 5.32 Å². The third-order valence-electron chi connectivity index (χ3n) is 4.96. The minimum absolute atomic E-state index is 0.121. The molecule has 1 amide bonds. The second kappa shape index (κ2) is 19.3. The van der Waals surface area contributed by atoms with E-state index in [9.17, 15) is 19.1 Å². The Kier molecular flexibility index (Phi) is 18.8. The van der Waals surface area contributed by atoms with Crippen LogP contribution in [0.2, 0.25) is 0 Å². The second-order valence-electron chi connectivity index (χ2n) is 7.75. The molecule has 172 valence electrons. The lowest BCUT2D eigenvalue weighted by Gasteiger charge is -2.30. The van der Waals surface area contributed by atoms with E-state index in [2.05, 4.69) is 28.9 Å². The normalized spacial score (nSPS) is 13.1. The SMILES string of the molecule is CCCCCCCC/C=C\CCCCCCCC(=O)N[C@@H](CC)COP(=O)([O-])[O-]. The minimum atomic E-state index is -4.99. The van der Waals surface area contributed by atoms with Crippen molar-refractivity contribution >= 4 is 13.7 Å². The number of hydrogen-bond donors (Lipinski definition) is 1. The number of phosphoric ester groups is 1. The molecule has 0 saturated carbocycles. The van der Waals surface area contributed by atoms with Crippen molar-refractivity contribution in [3.8, 4) is 0 Å². The molecule has 0 fully saturated rings. The molecule has 0 aliphatic rings.